The Kier molecular flexibility index (Phi) is 4.64. The fourth-order valence-electron chi connectivity index (χ4n) is 4.05. The monoisotopic (exact) mass is 391 g/mol. The molecular formula is C22H21N3O2S. The van der Waals surface area contributed by atoms with E-state index in [2.05, 4.69) is 6.07 Å². The lowest BCUT2D eigenvalue weighted by molar-refractivity contribution is -0.139. The fraction of sp³-hybridized carbons (Fsp3) is 0.318. The number of benzene rings is 2. The molecule has 2 heterocycles. The van der Waals surface area contributed by atoms with E-state index >= 15 is 0 Å². The summed E-state index contributed by atoms with van der Waals surface area (Å²) < 4.78 is 0. The minimum absolute atomic E-state index is 0.000802. The Hall–Kier alpha value is -2.78. The van der Waals surface area contributed by atoms with E-state index in [0.29, 0.717) is 25.1 Å². The average molecular weight is 391 g/mol. The molecule has 5 nitrogen and oxygen atoms in total. The number of amides is 2. The summed E-state index contributed by atoms with van der Waals surface area (Å²) in [5.74, 6) is 0.668. The predicted octanol–water partition coefficient (Wildman–Crippen LogP) is 3.55. The third kappa shape index (κ3) is 2.70. The smallest absolute Gasteiger partial charge is 0.268 e. The second-order valence-electron chi connectivity index (χ2n) is 7.12. The zero-order valence-electron chi connectivity index (χ0n) is 15.9. The highest BCUT2D eigenvalue weighted by atomic mass is 32.2. The molecule has 0 bridgehead atoms. The van der Waals surface area contributed by atoms with Crippen molar-refractivity contribution in [1.29, 1.82) is 5.26 Å². The van der Waals surface area contributed by atoms with Crippen molar-refractivity contribution in [1.82, 2.24) is 4.90 Å². The average Bonchev–Trinajstić information content (AvgIpc) is 3.25. The van der Waals surface area contributed by atoms with Crippen LogP contribution in [-0.2, 0) is 21.0 Å². The Bertz CT molecular complexity index is 1010. The quantitative estimate of drug-likeness (QED) is 0.803. The number of anilines is 1. The van der Waals surface area contributed by atoms with E-state index in [1.807, 2.05) is 50.2 Å². The van der Waals surface area contributed by atoms with Gasteiger partial charge in [-0.05, 0) is 30.7 Å². The number of carbonyl (C=O) groups is 2. The Morgan fingerprint density at radius 2 is 2.11 bits per heavy atom. The first-order valence-electron chi connectivity index (χ1n) is 9.38. The molecule has 2 aliphatic rings. The predicted molar refractivity (Wildman–Crippen MR) is 110 cm³/mol. The number of rotatable bonds is 3. The van der Waals surface area contributed by atoms with Gasteiger partial charge in [0.15, 0.2) is 4.87 Å². The molecule has 2 aliphatic heterocycles. The number of fused-ring (bicyclic) bond motifs is 2. The van der Waals surface area contributed by atoms with Crippen molar-refractivity contribution >= 4 is 29.3 Å². The first-order valence-corrected chi connectivity index (χ1v) is 10.4. The van der Waals surface area contributed by atoms with Gasteiger partial charge >= 0.3 is 0 Å². The topological polar surface area (TPSA) is 64.4 Å². The molecule has 2 aromatic carbocycles. The highest BCUT2D eigenvalue weighted by molar-refractivity contribution is 8.01. The van der Waals surface area contributed by atoms with E-state index in [4.69, 9.17) is 0 Å². The van der Waals surface area contributed by atoms with Gasteiger partial charge < -0.3 is 9.80 Å². The van der Waals surface area contributed by atoms with Crippen LogP contribution in [0, 0.1) is 18.3 Å². The third-order valence-electron chi connectivity index (χ3n) is 5.35. The molecule has 0 aliphatic carbocycles. The van der Waals surface area contributed by atoms with Gasteiger partial charge in [0.25, 0.3) is 5.91 Å². The summed E-state index contributed by atoms with van der Waals surface area (Å²) in [5.41, 5.74) is 4.28. The van der Waals surface area contributed by atoms with Gasteiger partial charge in [0.05, 0.1) is 23.9 Å². The lowest BCUT2D eigenvalue weighted by Gasteiger charge is -2.33. The first kappa shape index (κ1) is 18.6. The van der Waals surface area contributed by atoms with E-state index < -0.39 is 4.87 Å². The molecule has 142 valence electrons. The van der Waals surface area contributed by atoms with Crippen LogP contribution >= 0.6 is 11.8 Å². The van der Waals surface area contributed by atoms with Crippen molar-refractivity contribution in [3.05, 3.63) is 64.7 Å². The summed E-state index contributed by atoms with van der Waals surface area (Å²) in [6, 6.07) is 15.5. The van der Waals surface area contributed by atoms with Crippen LogP contribution < -0.4 is 4.90 Å². The fourth-order valence-corrected chi connectivity index (χ4v) is 5.53. The van der Waals surface area contributed by atoms with Crippen LogP contribution in [0.4, 0.5) is 5.69 Å². The number of thioether (sulfide) groups is 1. The molecule has 2 amide bonds. The van der Waals surface area contributed by atoms with Crippen molar-refractivity contribution in [3.8, 4) is 6.07 Å². The Morgan fingerprint density at radius 1 is 1.29 bits per heavy atom. The Labute approximate surface area is 168 Å². The van der Waals surface area contributed by atoms with Gasteiger partial charge in [-0.3, -0.25) is 9.59 Å². The largest absolute Gasteiger partial charge is 0.315 e. The van der Waals surface area contributed by atoms with Crippen LogP contribution in [0.3, 0.4) is 0 Å². The van der Waals surface area contributed by atoms with Crippen molar-refractivity contribution in [3.63, 3.8) is 0 Å². The molecule has 0 N–H and O–H groups in total. The molecule has 28 heavy (non-hydrogen) atoms. The van der Waals surface area contributed by atoms with Gasteiger partial charge in [0, 0.05) is 24.3 Å². The maximum Gasteiger partial charge on any atom is 0.268 e. The number of nitrogens with zero attached hydrogens (tertiary/aromatic N) is 3. The molecule has 6 heteroatoms. The molecule has 1 atom stereocenters. The highest BCUT2D eigenvalue weighted by Gasteiger charge is 2.59. The summed E-state index contributed by atoms with van der Waals surface area (Å²) in [5, 5.41) is 9.18. The van der Waals surface area contributed by atoms with Gasteiger partial charge in [-0.15, -0.1) is 11.8 Å². The summed E-state index contributed by atoms with van der Waals surface area (Å²) >= 11 is 1.55. The summed E-state index contributed by atoms with van der Waals surface area (Å²) in [4.78, 5) is 28.9. The van der Waals surface area contributed by atoms with E-state index in [-0.39, 0.29) is 11.8 Å². The van der Waals surface area contributed by atoms with Gasteiger partial charge in [-0.1, -0.05) is 36.8 Å². The molecule has 0 saturated carbocycles. The SMILES string of the molecule is CCC(=O)N1CCS[C@]12C(=O)N(Cc1cccc(C#N)c1)c1ccc(C)cc12. The molecule has 1 spiro atoms. The van der Waals surface area contributed by atoms with Crippen molar-refractivity contribution in [2.45, 2.75) is 31.7 Å². The van der Waals surface area contributed by atoms with Gasteiger partial charge in [-0.25, -0.2) is 0 Å². The first-order chi connectivity index (χ1) is 13.5. The molecule has 2 aromatic rings. The maximum atomic E-state index is 13.7. The Balaban J connectivity index is 1.81. The minimum Gasteiger partial charge on any atom is -0.315 e. The lowest BCUT2D eigenvalue weighted by Crippen LogP contribution is -2.50. The van der Waals surface area contributed by atoms with Gasteiger partial charge in [0.2, 0.25) is 5.91 Å². The summed E-state index contributed by atoms with van der Waals surface area (Å²) in [6.45, 7) is 4.79. The Morgan fingerprint density at radius 3 is 2.86 bits per heavy atom. The number of carbonyl (C=O) groups excluding carboxylic acids is 2. The molecule has 1 saturated heterocycles. The van der Waals surface area contributed by atoms with E-state index in [1.54, 1.807) is 27.6 Å². The van der Waals surface area contributed by atoms with Crippen molar-refractivity contribution in [2.24, 2.45) is 0 Å². The standard InChI is InChI=1S/C22H21N3O2S/c1-3-20(26)25-9-10-28-22(25)18-11-15(2)7-8-19(18)24(21(22)27)14-17-6-4-5-16(12-17)13-23/h4-8,11-12H,3,9-10,14H2,1-2H3/t22-/m1/s1. The van der Waals surface area contributed by atoms with Crippen molar-refractivity contribution < 1.29 is 9.59 Å². The number of nitriles is 1. The summed E-state index contributed by atoms with van der Waals surface area (Å²) in [7, 11) is 0. The van der Waals surface area contributed by atoms with Gasteiger partial charge in [0.1, 0.15) is 0 Å². The van der Waals surface area contributed by atoms with Crippen LogP contribution in [-0.4, -0.2) is 29.0 Å². The third-order valence-corrected chi connectivity index (χ3v) is 6.77. The van der Waals surface area contributed by atoms with Crippen LogP contribution in [0.1, 0.15) is 35.6 Å². The van der Waals surface area contributed by atoms with E-state index in [1.165, 1.54) is 0 Å². The van der Waals surface area contributed by atoms with Crippen LogP contribution in [0.2, 0.25) is 0 Å². The van der Waals surface area contributed by atoms with Crippen molar-refractivity contribution in [2.75, 3.05) is 17.2 Å². The maximum absolute atomic E-state index is 13.7. The molecule has 1 fully saturated rings. The zero-order valence-corrected chi connectivity index (χ0v) is 16.8. The molecule has 0 aromatic heterocycles. The van der Waals surface area contributed by atoms with Crippen LogP contribution in [0.25, 0.3) is 0 Å². The van der Waals surface area contributed by atoms with Crippen LogP contribution in [0.5, 0.6) is 0 Å². The zero-order chi connectivity index (χ0) is 19.9. The van der Waals surface area contributed by atoms with Crippen LogP contribution in [0.15, 0.2) is 42.5 Å². The number of hydrogen-bond donors (Lipinski definition) is 0. The molecular weight excluding hydrogens is 370 g/mol. The van der Waals surface area contributed by atoms with Gasteiger partial charge in [-0.2, -0.15) is 5.26 Å². The number of aryl methyl sites for hydroxylation is 1. The van der Waals surface area contributed by atoms with E-state index in [9.17, 15) is 14.9 Å². The normalized spacial score (nSPS) is 20.5. The second kappa shape index (κ2) is 6.99. The minimum atomic E-state index is -0.971. The molecule has 4 rings (SSSR count). The summed E-state index contributed by atoms with van der Waals surface area (Å²) in [6.07, 6.45) is 0.376. The highest BCUT2D eigenvalue weighted by Crippen LogP contribution is 2.54. The molecule has 0 radical (unpaired) electrons. The van der Waals surface area contributed by atoms with E-state index in [0.717, 1.165) is 28.1 Å². The number of hydrogen-bond acceptors (Lipinski definition) is 4. The molecule has 0 unspecified atom stereocenters. The lowest BCUT2D eigenvalue weighted by atomic mass is 10.0. The second-order valence-corrected chi connectivity index (χ2v) is 8.40.